The fraction of sp³-hybridized carbons (Fsp3) is 0.467. The lowest BCUT2D eigenvalue weighted by atomic mass is 10.2. The van der Waals surface area contributed by atoms with E-state index in [0.29, 0.717) is 5.69 Å². The third-order valence-corrected chi connectivity index (χ3v) is 3.13. The maximum Gasteiger partial charge on any atom is 0.282 e. The van der Waals surface area contributed by atoms with Gasteiger partial charge in [-0.2, -0.15) is 0 Å². The van der Waals surface area contributed by atoms with E-state index >= 15 is 0 Å². The summed E-state index contributed by atoms with van der Waals surface area (Å²) in [7, 11) is 1.79. The number of likely N-dealkylation sites (N-methyl/N-ethyl adjacent to an activating group) is 1. The molecule has 1 unspecified atom stereocenters. The molecule has 21 heavy (non-hydrogen) atoms. The molecule has 116 valence electrons. The van der Waals surface area contributed by atoms with Crippen LogP contribution >= 0.6 is 0 Å². The first kappa shape index (κ1) is 17.1. The van der Waals surface area contributed by atoms with E-state index in [2.05, 4.69) is 10.6 Å². The number of hydrogen-bond acceptors (Lipinski definition) is 2. The molecule has 0 fully saturated rings. The van der Waals surface area contributed by atoms with Gasteiger partial charge in [0.15, 0.2) is 12.6 Å². The Morgan fingerprint density at radius 2 is 1.76 bits per heavy atom. The molecular weight excluding hydrogens is 273 g/mol. The summed E-state index contributed by atoms with van der Waals surface area (Å²) >= 11 is 0. The van der Waals surface area contributed by atoms with E-state index in [0.717, 1.165) is 4.90 Å². The molecule has 3 N–H and O–H groups in total. The zero-order chi connectivity index (χ0) is 16.0. The second-order valence-corrected chi connectivity index (χ2v) is 5.46. The molecular formula is C15H23FN3O2+. The molecule has 5 nitrogen and oxygen atoms in total. The Kier molecular flexibility index (Phi) is 6.30. The Hall–Kier alpha value is -1.95. The SMILES string of the molecule is CC(C)NC(=O)C[NH+](C)[C@H](C)C(=O)Nc1ccc(F)cc1. The highest BCUT2D eigenvalue weighted by molar-refractivity contribution is 5.93. The third kappa shape index (κ3) is 5.91. The Labute approximate surface area is 124 Å². The molecule has 0 heterocycles. The van der Waals surface area contributed by atoms with Crippen molar-refractivity contribution in [3.05, 3.63) is 30.1 Å². The average molecular weight is 296 g/mol. The van der Waals surface area contributed by atoms with Crippen LogP contribution in [-0.2, 0) is 9.59 Å². The van der Waals surface area contributed by atoms with E-state index < -0.39 is 6.04 Å². The van der Waals surface area contributed by atoms with Gasteiger partial charge in [0.25, 0.3) is 11.8 Å². The number of amides is 2. The van der Waals surface area contributed by atoms with Gasteiger partial charge in [0.2, 0.25) is 0 Å². The number of anilines is 1. The number of carbonyl (C=O) groups is 2. The second kappa shape index (κ2) is 7.73. The van der Waals surface area contributed by atoms with Crippen molar-refractivity contribution < 1.29 is 18.9 Å². The summed E-state index contributed by atoms with van der Waals surface area (Å²) in [5, 5.41) is 5.50. The summed E-state index contributed by atoms with van der Waals surface area (Å²) < 4.78 is 12.8. The molecule has 1 rings (SSSR count). The first-order chi connectivity index (χ1) is 9.79. The number of nitrogens with one attached hydrogen (secondary N) is 3. The number of rotatable bonds is 6. The van der Waals surface area contributed by atoms with Crippen LogP contribution in [-0.4, -0.2) is 37.5 Å². The molecule has 0 saturated carbocycles. The quantitative estimate of drug-likeness (QED) is 0.702. The highest BCUT2D eigenvalue weighted by Gasteiger charge is 2.24. The Balaban J connectivity index is 2.53. The zero-order valence-corrected chi connectivity index (χ0v) is 12.9. The van der Waals surface area contributed by atoms with Crippen LogP contribution < -0.4 is 15.5 Å². The van der Waals surface area contributed by atoms with Crippen molar-refractivity contribution >= 4 is 17.5 Å². The van der Waals surface area contributed by atoms with Crippen LogP contribution in [0.2, 0.25) is 0 Å². The van der Waals surface area contributed by atoms with Crippen LogP contribution in [0.25, 0.3) is 0 Å². The van der Waals surface area contributed by atoms with Gasteiger partial charge in [-0.15, -0.1) is 0 Å². The maximum atomic E-state index is 12.8. The maximum absolute atomic E-state index is 12.8. The first-order valence-electron chi connectivity index (χ1n) is 6.97. The Morgan fingerprint density at radius 3 is 2.29 bits per heavy atom. The highest BCUT2D eigenvalue weighted by atomic mass is 19.1. The van der Waals surface area contributed by atoms with E-state index in [1.54, 1.807) is 14.0 Å². The molecule has 2 amide bonds. The molecule has 0 saturated heterocycles. The summed E-state index contributed by atoms with van der Waals surface area (Å²) in [5.74, 6) is -0.658. The Bertz CT molecular complexity index is 488. The number of halogens is 1. The molecule has 6 heteroatoms. The molecule has 0 radical (unpaired) electrons. The van der Waals surface area contributed by atoms with Crippen molar-refractivity contribution in [1.29, 1.82) is 0 Å². The van der Waals surface area contributed by atoms with Crippen molar-refractivity contribution in [2.45, 2.75) is 32.9 Å². The van der Waals surface area contributed by atoms with Gasteiger partial charge >= 0.3 is 0 Å². The van der Waals surface area contributed by atoms with Gasteiger partial charge in [-0.05, 0) is 45.0 Å². The van der Waals surface area contributed by atoms with Crippen molar-refractivity contribution in [3.63, 3.8) is 0 Å². The standard InChI is InChI=1S/C15H22FN3O2/c1-10(2)17-14(20)9-19(4)11(3)15(21)18-13-7-5-12(16)6-8-13/h5-8,10-11H,9H2,1-4H3,(H,17,20)(H,18,21)/p+1/t11-/m1/s1. The molecule has 0 aliphatic rings. The van der Waals surface area contributed by atoms with E-state index in [1.165, 1.54) is 24.3 Å². The Morgan fingerprint density at radius 1 is 1.19 bits per heavy atom. The van der Waals surface area contributed by atoms with Gasteiger partial charge in [-0.1, -0.05) is 0 Å². The number of benzene rings is 1. The molecule has 0 aromatic heterocycles. The van der Waals surface area contributed by atoms with Gasteiger partial charge in [-0.3, -0.25) is 9.59 Å². The fourth-order valence-electron chi connectivity index (χ4n) is 1.79. The predicted octanol–water partition coefficient (Wildman–Crippen LogP) is 0.192. The van der Waals surface area contributed by atoms with Crippen LogP contribution in [0.3, 0.4) is 0 Å². The molecule has 1 aromatic rings. The number of carbonyl (C=O) groups excluding carboxylic acids is 2. The van der Waals surface area contributed by atoms with E-state index in [-0.39, 0.29) is 30.2 Å². The molecule has 0 aliphatic carbocycles. The summed E-state index contributed by atoms with van der Waals surface area (Å²) in [6.45, 7) is 5.74. The third-order valence-electron chi connectivity index (χ3n) is 3.13. The molecule has 0 aliphatic heterocycles. The van der Waals surface area contributed by atoms with Crippen LogP contribution in [0.4, 0.5) is 10.1 Å². The van der Waals surface area contributed by atoms with Crippen LogP contribution in [0.1, 0.15) is 20.8 Å². The van der Waals surface area contributed by atoms with Crippen molar-refractivity contribution in [3.8, 4) is 0 Å². The lowest BCUT2D eigenvalue weighted by Gasteiger charge is -2.21. The van der Waals surface area contributed by atoms with Crippen LogP contribution in [0.5, 0.6) is 0 Å². The van der Waals surface area contributed by atoms with Gasteiger partial charge in [0.05, 0.1) is 7.05 Å². The smallest absolute Gasteiger partial charge is 0.282 e. The highest BCUT2D eigenvalue weighted by Crippen LogP contribution is 2.08. The van der Waals surface area contributed by atoms with Crippen molar-refractivity contribution in [2.24, 2.45) is 0 Å². The van der Waals surface area contributed by atoms with Gasteiger partial charge < -0.3 is 15.5 Å². The minimum Gasteiger partial charge on any atom is -0.349 e. The van der Waals surface area contributed by atoms with E-state index in [4.69, 9.17) is 0 Å². The van der Waals surface area contributed by atoms with Crippen LogP contribution in [0.15, 0.2) is 24.3 Å². The lowest BCUT2D eigenvalue weighted by molar-refractivity contribution is -0.885. The van der Waals surface area contributed by atoms with Crippen molar-refractivity contribution in [2.75, 3.05) is 18.9 Å². The van der Waals surface area contributed by atoms with Gasteiger partial charge in [0.1, 0.15) is 5.82 Å². The summed E-state index contributed by atoms with van der Waals surface area (Å²) in [6.07, 6.45) is 0. The zero-order valence-electron chi connectivity index (χ0n) is 12.9. The minimum atomic E-state index is -0.395. The van der Waals surface area contributed by atoms with Crippen LogP contribution in [0, 0.1) is 5.82 Å². The van der Waals surface area contributed by atoms with Gasteiger partial charge in [0, 0.05) is 11.7 Å². The average Bonchev–Trinajstić information content (AvgIpc) is 2.39. The topological polar surface area (TPSA) is 62.6 Å². The van der Waals surface area contributed by atoms with E-state index in [9.17, 15) is 14.0 Å². The monoisotopic (exact) mass is 296 g/mol. The fourth-order valence-corrected chi connectivity index (χ4v) is 1.79. The summed E-state index contributed by atoms with van der Waals surface area (Å²) in [4.78, 5) is 24.6. The number of hydrogen-bond donors (Lipinski definition) is 3. The largest absolute Gasteiger partial charge is 0.349 e. The predicted molar refractivity (Wildman–Crippen MR) is 79.5 cm³/mol. The summed E-state index contributed by atoms with van der Waals surface area (Å²) in [5.41, 5.74) is 0.535. The molecule has 0 bridgehead atoms. The van der Waals surface area contributed by atoms with Crippen molar-refractivity contribution in [1.82, 2.24) is 5.32 Å². The molecule has 2 atom stereocenters. The molecule has 0 spiro atoms. The normalized spacial score (nSPS) is 13.6. The lowest BCUT2D eigenvalue weighted by Crippen LogP contribution is -3.15. The molecule has 1 aromatic carbocycles. The first-order valence-corrected chi connectivity index (χ1v) is 6.97. The minimum absolute atomic E-state index is 0.0775. The van der Waals surface area contributed by atoms with Gasteiger partial charge in [-0.25, -0.2) is 4.39 Å². The number of quaternary nitrogens is 1. The summed E-state index contributed by atoms with van der Waals surface area (Å²) in [6, 6.07) is 5.25. The second-order valence-electron chi connectivity index (χ2n) is 5.46. The van der Waals surface area contributed by atoms with E-state index in [1.807, 2.05) is 13.8 Å².